The van der Waals surface area contributed by atoms with Crippen molar-refractivity contribution < 1.29 is 9.59 Å². The van der Waals surface area contributed by atoms with Crippen LogP contribution in [0, 0.1) is 17.3 Å². The van der Waals surface area contributed by atoms with Crippen molar-refractivity contribution in [1.29, 1.82) is 0 Å². The molecule has 4 bridgehead atoms. The topological polar surface area (TPSA) is 52.6 Å². The molecule has 5 heteroatoms. The van der Waals surface area contributed by atoms with Gasteiger partial charge in [-0.25, -0.2) is 0 Å². The summed E-state index contributed by atoms with van der Waals surface area (Å²) < 4.78 is 0. The predicted molar refractivity (Wildman–Crippen MR) is 92.4 cm³/mol. The molecule has 0 unspecified atom stereocenters. The molecule has 1 N–H and O–H groups in total. The zero-order valence-corrected chi connectivity index (χ0v) is 15.1. The van der Waals surface area contributed by atoms with Gasteiger partial charge in [-0.15, -0.1) is 0 Å². The molecule has 24 heavy (non-hydrogen) atoms. The Bertz CT molecular complexity index is 525. The third-order valence-electron chi connectivity index (χ3n) is 7.06. The van der Waals surface area contributed by atoms with Crippen molar-refractivity contribution in [3.05, 3.63) is 0 Å². The van der Waals surface area contributed by atoms with Crippen molar-refractivity contribution in [3.63, 3.8) is 0 Å². The second-order valence-corrected chi connectivity index (χ2v) is 8.93. The van der Waals surface area contributed by atoms with Crippen molar-refractivity contribution in [1.82, 2.24) is 15.1 Å². The van der Waals surface area contributed by atoms with Crippen LogP contribution in [0.3, 0.4) is 0 Å². The van der Waals surface area contributed by atoms with Crippen LogP contribution in [0.2, 0.25) is 0 Å². The minimum atomic E-state index is -0.194. The smallest absolute Gasteiger partial charge is 0.228 e. The summed E-state index contributed by atoms with van der Waals surface area (Å²) >= 11 is 0. The highest BCUT2D eigenvalue weighted by molar-refractivity contribution is 5.84. The van der Waals surface area contributed by atoms with Gasteiger partial charge in [-0.2, -0.15) is 0 Å². The summed E-state index contributed by atoms with van der Waals surface area (Å²) in [7, 11) is 0. The maximum atomic E-state index is 13.5. The lowest BCUT2D eigenvalue weighted by Gasteiger charge is -2.62. The van der Waals surface area contributed by atoms with E-state index in [9.17, 15) is 9.59 Å². The van der Waals surface area contributed by atoms with Crippen LogP contribution in [0.1, 0.15) is 52.4 Å². The van der Waals surface area contributed by atoms with E-state index in [4.69, 9.17) is 0 Å². The number of hydrogen-bond donors (Lipinski definition) is 1. The lowest BCUT2D eigenvalue weighted by Crippen LogP contribution is -2.66. The summed E-state index contributed by atoms with van der Waals surface area (Å²) in [5.74, 6) is 1.70. The van der Waals surface area contributed by atoms with Gasteiger partial charge < -0.3 is 15.1 Å². The maximum absolute atomic E-state index is 13.5. The zero-order valence-electron chi connectivity index (χ0n) is 15.1. The Balaban J connectivity index is 1.54. The first-order chi connectivity index (χ1) is 11.4. The molecule has 5 nitrogen and oxygen atoms in total. The zero-order chi connectivity index (χ0) is 16.9. The van der Waals surface area contributed by atoms with Crippen molar-refractivity contribution >= 4 is 11.8 Å². The second kappa shape index (κ2) is 5.72. The van der Waals surface area contributed by atoms with Crippen LogP contribution in [0.4, 0.5) is 0 Å². The average Bonchev–Trinajstić information content (AvgIpc) is 2.51. The Kier molecular flexibility index (Phi) is 3.90. The fourth-order valence-electron chi connectivity index (χ4n) is 6.64. The lowest BCUT2D eigenvalue weighted by molar-refractivity contribution is -0.164. The van der Waals surface area contributed by atoms with Crippen molar-refractivity contribution in [2.45, 2.75) is 57.9 Å². The maximum Gasteiger partial charge on any atom is 0.228 e. The number of nitrogens with zero attached hydrogens (tertiary/aromatic N) is 2. The van der Waals surface area contributed by atoms with Gasteiger partial charge in [-0.1, -0.05) is 6.92 Å². The van der Waals surface area contributed by atoms with Gasteiger partial charge in [0.25, 0.3) is 0 Å². The molecule has 4 saturated carbocycles. The van der Waals surface area contributed by atoms with Crippen LogP contribution < -0.4 is 5.32 Å². The molecule has 0 radical (unpaired) electrons. The monoisotopic (exact) mass is 333 g/mol. The normalized spacial score (nSPS) is 41.5. The highest BCUT2D eigenvalue weighted by Gasteiger charge is 2.61. The van der Waals surface area contributed by atoms with Crippen LogP contribution in [-0.2, 0) is 9.59 Å². The van der Waals surface area contributed by atoms with Gasteiger partial charge in [0.05, 0.1) is 5.41 Å². The number of likely N-dealkylation sites (N-methyl/N-ethyl adjacent to an activating group) is 1. The van der Waals surface area contributed by atoms with E-state index in [1.54, 1.807) is 6.92 Å². The van der Waals surface area contributed by atoms with Crippen molar-refractivity contribution in [2.24, 2.45) is 17.3 Å². The molecule has 5 fully saturated rings. The number of hydrogen-bond acceptors (Lipinski definition) is 3. The quantitative estimate of drug-likeness (QED) is 0.854. The summed E-state index contributed by atoms with van der Waals surface area (Å²) in [5.41, 5.74) is -0.294. The highest BCUT2D eigenvalue weighted by atomic mass is 16.2. The lowest BCUT2D eigenvalue weighted by atomic mass is 9.46. The third kappa shape index (κ3) is 2.65. The Hall–Kier alpha value is -1.10. The van der Waals surface area contributed by atoms with Crippen LogP contribution in [0.5, 0.6) is 0 Å². The highest BCUT2D eigenvalue weighted by Crippen LogP contribution is 2.62. The van der Waals surface area contributed by atoms with Gasteiger partial charge in [0, 0.05) is 38.6 Å². The molecule has 4 aliphatic carbocycles. The summed E-state index contributed by atoms with van der Waals surface area (Å²) in [5, 5.41) is 3.27. The molecule has 2 atom stereocenters. The molecule has 0 spiro atoms. The van der Waals surface area contributed by atoms with Crippen LogP contribution in [-0.4, -0.2) is 59.9 Å². The van der Waals surface area contributed by atoms with Gasteiger partial charge in [0.15, 0.2) is 0 Å². The number of carbonyl (C=O) groups is 2. The first-order valence-electron chi connectivity index (χ1n) is 9.74. The summed E-state index contributed by atoms with van der Waals surface area (Å²) in [6, 6.07) is 0. The summed E-state index contributed by atoms with van der Waals surface area (Å²) in [6.07, 6.45) is 6.41. The molecular formula is C19H31N3O2. The van der Waals surface area contributed by atoms with E-state index in [0.717, 1.165) is 64.8 Å². The van der Waals surface area contributed by atoms with E-state index >= 15 is 0 Å². The van der Waals surface area contributed by atoms with Crippen molar-refractivity contribution in [3.8, 4) is 0 Å². The molecule has 1 aliphatic heterocycles. The number of nitrogens with one attached hydrogen (secondary N) is 1. The summed E-state index contributed by atoms with van der Waals surface area (Å²) in [6.45, 7) is 8.63. The van der Waals surface area contributed by atoms with Gasteiger partial charge in [0.1, 0.15) is 0 Å². The first-order valence-corrected chi connectivity index (χ1v) is 9.74. The molecule has 5 rings (SSSR count). The Morgan fingerprint density at radius 2 is 1.67 bits per heavy atom. The molecule has 0 aromatic heterocycles. The Morgan fingerprint density at radius 1 is 1.04 bits per heavy atom. The number of rotatable bonds is 3. The fourth-order valence-corrected chi connectivity index (χ4v) is 6.64. The van der Waals surface area contributed by atoms with E-state index in [-0.39, 0.29) is 16.9 Å². The van der Waals surface area contributed by atoms with E-state index in [2.05, 4.69) is 22.0 Å². The molecular weight excluding hydrogens is 302 g/mol. The minimum absolute atomic E-state index is 0.0658. The molecule has 1 heterocycles. The van der Waals surface area contributed by atoms with E-state index in [0.29, 0.717) is 17.7 Å². The second-order valence-electron chi connectivity index (χ2n) is 8.93. The van der Waals surface area contributed by atoms with E-state index in [1.807, 2.05) is 0 Å². The summed E-state index contributed by atoms with van der Waals surface area (Å²) in [4.78, 5) is 29.8. The largest absolute Gasteiger partial charge is 0.351 e. The molecule has 2 amide bonds. The van der Waals surface area contributed by atoms with E-state index < -0.39 is 0 Å². The average molecular weight is 333 g/mol. The third-order valence-corrected chi connectivity index (χ3v) is 7.06. The van der Waals surface area contributed by atoms with Gasteiger partial charge >= 0.3 is 0 Å². The Morgan fingerprint density at radius 3 is 2.21 bits per heavy atom. The van der Waals surface area contributed by atoms with E-state index in [1.165, 1.54) is 6.42 Å². The standard InChI is InChI=1S/C19H31N3O2/c1-3-21-4-6-22(7-5-21)17(24)18-9-15-8-16(10-18)12-19(11-15,13-18)20-14(2)23/h15-16H,3-13H2,1-2H3,(H,20,23)/t15-,16-,18?,19?/m1/s1. The van der Waals surface area contributed by atoms with Gasteiger partial charge in [0.2, 0.25) is 11.8 Å². The molecule has 0 aromatic rings. The molecule has 5 aliphatic rings. The van der Waals surface area contributed by atoms with Crippen LogP contribution in [0.15, 0.2) is 0 Å². The minimum Gasteiger partial charge on any atom is -0.351 e. The number of amides is 2. The number of piperazine rings is 1. The van der Waals surface area contributed by atoms with Crippen LogP contribution >= 0.6 is 0 Å². The first kappa shape index (κ1) is 16.4. The Labute approximate surface area is 145 Å². The predicted octanol–water partition coefficient (Wildman–Crippen LogP) is 1.63. The van der Waals surface area contributed by atoms with Crippen LogP contribution in [0.25, 0.3) is 0 Å². The fraction of sp³-hybridized carbons (Fsp3) is 0.895. The van der Waals surface area contributed by atoms with Gasteiger partial charge in [-0.3, -0.25) is 9.59 Å². The molecule has 1 saturated heterocycles. The number of carbonyl (C=O) groups excluding carboxylic acids is 2. The van der Waals surface area contributed by atoms with Gasteiger partial charge in [-0.05, 0) is 56.9 Å². The van der Waals surface area contributed by atoms with Crippen molar-refractivity contribution in [2.75, 3.05) is 32.7 Å². The molecule has 134 valence electrons. The molecule has 0 aromatic carbocycles. The SMILES string of the molecule is CCN1CCN(C(=O)C23C[C@H]4C[C@@H](CC(NC(C)=O)(C4)C2)C3)CC1.